The second-order valence-corrected chi connectivity index (χ2v) is 5.19. The molecule has 0 radical (unpaired) electrons. The van der Waals surface area contributed by atoms with E-state index in [1.54, 1.807) is 11.9 Å². The van der Waals surface area contributed by atoms with Crippen LogP contribution in [0.1, 0.15) is 19.4 Å². The maximum absolute atomic E-state index is 11.9. The van der Waals surface area contributed by atoms with Crippen molar-refractivity contribution < 1.29 is 9.53 Å². The van der Waals surface area contributed by atoms with Crippen molar-refractivity contribution in [2.45, 2.75) is 26.8 Å². The third kappa shape index (κ3) is 4.91. The fourth-order valence-electron chi connectivity index (χ4n) is 1.58. The fraction of sp³-hybridized carbons (Fsp3) is 0.533. The Morgan fingerprint density at radius 1 is 1.32 bits per heavy atom. The van der Waals surface area contributed by atoms with Gasteiger partial charge in [-0.2, -0.15) is 0 Å². The predicted molar refractivity (Wildman–Crippen MR) is 77.1 cm³/mol. The van der Waals surface area contributed by atoms with Crippen LogP contribution in [-0.2, 0) is 4.79 Å². The molecular weight excluding hydrogens is 240 g/mol. The molecule has 0 bridgehead atoms. The number of nitrogens with two attached hydrogens (primary N) is 1. The van der Waals surface area contributed by atoms with Crippen molar-refractivity contribution in [1.29, 1.82) is 0 Å². The fourth-order valence-corrected chi connectivity index (χ4v) is 1.58. The van der Waals surface area contributed by atoms with Crippen LogP contribution >= 0.6 is 0 Å². The van der Waals surface area contributed by atoms with E-state index in [0.29, 0.717) is 13.2 Å². The zero-order chi connectivity index (χ0) is 14.4. The third-order valence-corrected chi connectivity index (χ3v) is 3.10. The number of carbonyl (C=O) groups is 1. The second kappa shape index (κ2) is 7.14. The summed E-state index contributed by atoms with van der Waals surface area (Å²) >= 11 is 0. The minimum absolute atomic E-state index is 0.0393. The monoisotopic (exact) mass is 264 g/mol. The number of carbonyl (C=O) groups excluding carboxylic acids is 1. The number of aryl methyl sites for hydroxylation is 1. The zero-order valence-electron chi connectivity index (χ0n) is 12.2. The molecule has 0 aliphatic heterocycles. The molecule has 0 saturated heterocycles. The summed E-state index contributed by atoms with van der Waals surface area (Å²) in [7, 11) is 1.75. The van der Waals surface area contributed by atoms with E-state index in [1.807, 2.05) is 45.0 Å². The van der Waals surface area contributed by atoms with Crippen LogP contribution in [0.15, 0.2) is 24.3 Å². The molecule has 106 valence electrons. The summed E-state index contributed by atoms with van der Waals surface area (Å²) < 4.78 is 5.59. The molecule has 0 aliphatic carbocycles. The molecule has 19 heavy (non-hydrogen) atoms. The molecule has 1 rings (SSSR count). The highest BCUT2D eigenvalue weighted by molar-refractivity contribution is 5.81. The number of ether oxygens (including phenoxy) is 1. The molecule has 1 amide bonds. The van der Waals surface area contributed by atoms with Gasteiger partial charge in [0, 0.05) is 7.05 Å². The van der Waals surface area contributed by atoms with E-state index in [1.165, 1.54) is 5.56 Å². The molecule has 2 N–H and O–H groups in total. The van der Waals surface area contributed by atoms with Crippen LogP contribution < -0.4 is 10.5 Å². The topological polar surface area (TPSA) is 55.6 Å². The maximum Gasteiger partial charge on any atom is 0.239 e. The molecule has 4 nitrogen and oxygen atoms in total. The minimum atomic E-state index is -0.440. The van der Waals surface area contributed by atoms with Crippen LogP contribution in [0.2, 0.25) is 0 Å². The zero-order valence-corrected chi connectivity index (χ0v) is 12.2. The summed E-state index contributed by atoms with van der Waals surface area (Å²) in [6.45, 7) is 6.92. The van der Waals surface area contributed by atoms with Crippen LogP contribution in [0.3, 0.4) is 0 Å². The Balaban J connectivity index is 2.36. The predicted octanol–water partition coefficient (Wildman–Crippen LogP) is 1.82. The third-order valence-electron chi connectivity index (χ3n) is 3.10. The Morgan fingerprint density at radius 3 is 2.42 bits per heavy atom. The molecule has 0 aromatic heterocycles. The lowest BCUT2D eigenvalue weighted by atomic mass is 10.0. The first kappa shape index (κ1) is 15.5. The average molecular weight is 264 g/mol. The number of likely N-dealkylation sites (N-methyl/N-ethyl adjacent to an activating group) is 1. The van der Waals surface area contributed by atoms with Crippen molar-refractivity contribution in [3.8, 4) is 5.75 Å². The standard InChI is InChI=1S/C15H24N2O2/c1-11(2)14(16)15(18)17(4)9-10-19-13-7-5-12(3)6-8-13/h5-8,11,14H,9-10,16H2,1-4H3/t14-/m1/s1. The van der Waals surface area contributed by atoms with Crippen LogP contribution in [0.5, 0.6) is 5.75 Å². The molecule has 0 unspecified atom stereocenters. The second-order valence-electron chi connectivity index (χ2n) is 5.19. The summed E-state index contributed by atoms with van der Waals surface area (Å²) in [6, 6.07) is 7.41. The molecule has 1 aromatic rings. The van der Waals surface area contributed by atoms with Gasteiger partial charge >= 0.3 is 0 Å². The first-order valence-corrected chi connectivity index (χ1v) is 6.62. The molecule has 0 aliphatic rings. The molecule has 0 saturated carbocycles. The largest absolute Gasteiger partial charge is 0.492 e. The van der Waals surface area contributed by atoms with Gasteiger partial charge in [0.1, 0.15) is 12.4 Å². The lowest BCUT2D eigenvalue weighted by Crippen LogP contribution is -2.46. The van der Waals surface area contributed by atoms with Crippen molar-refractivity contribution in [2.24, 2.45) is 11.7 Å². The Hall–Kier alpha value is -1.55. The minimum Gasteiger partial charge on any atom is -0.492 e. The van der Waals surface area contributed by atoms with Gasteiger partial charge in [-0.1, -0.05) is 31.5 Å². The summed E-state index contributed by atoms with van der Waals surface area (Å²) in [5, 5.41) is 0. The van der Waals surface area contributed by atoms with Gasteiger partial charge in [-0.05, 0) is 25.0 Å². The van der Waals surface area contributed by atoms with Gasteiger partial charge in [-0.15, -0.1) is 0 Å². The molecule has 1 atom stereocenters. The number of nitrogens with zero attached hydrogens (tertiary/aromatic N) is 1. The van der Waals surface area contributed by atoms with Gasteiger partial charge < -0.3 is 15.4 Å². The SMILES string of the molecule is Cc1ccc(OCCN(C)C(=O)[C@H](N)C(C)C)cc1. The molecule has 0 fully saturated rings. The Labute approximate surface area is 115 Å². The van der Waals surface area contributed by atoms with Crippen molar-refractivity contribution >= 4 is 5.91 Å². The van der Waals surface area contributed by atoms with Gasteiger partial charge in [0.25, 0.3) is 0 Å². The van der Waals surface area contributed by atoms with Gasteiger partial charge in [-0.25, -0.2) is 0 Å². The maximum atomic E-state index is 11.9. The number of rotatable bonds is 6. The van der Waals surface area contributed by atoms with E-state index >= 15 is 0 Å². The summed E-state index contributed by atoms with van der Waals surface area (Å²) in [5.41, 5.74) is 7.03. The van der Waals surface area contributed by atoms with Crippen LogP contribution in [0.25, 0.3) is 0 Å². The van der Waals surface area contributed by atoms with Gasteiger partial charge in [-0.3, -0.25) is 4.79 Å². The molecule has 0 heterocycles. The van der Waals surface area contributed by atoms with Crippen LogP contribution in [0.4, 0.5) is 0 Å². The van der Waals surface area contributed by atoms with E-state index in [2.05, 4.69) is 0 Å². The lowest BCUT2D eigenvalue weighted by Gasteiger charge is -2.23. The molecule has 1 aromatic carbocycles. The highest BCUT2D eigenvalue weighted by Gasteiger charge is 2.20. The van der Waals surface area contributed by atoms with Crippen LogP contribution in [0, 0.1) is 12.8 Å². The van der Waals surface area contributed by atoms with E-state index < -0.39 is 6.04 Å². The number of amides is 1. The number of benzene rings is 1. The van der Waals surface area contributed by atoms with Gasteiger partial charge in [0.05, 0.1) is 12.6 Å². The van der Waals surface area contributed by atoms with Crippen molar-refractivity contribution in [3.05, 3.63) is 29.8 Å². The van der Waals surface area contributed by atoms with Crippen molar-refractivity contribution in [3.63, 3.8) is 0 Å². The Morgan fingerprint density at radius 2 is 1.89 bits per heavy atom. The summed E-state index contributed by atoms with van der Waals surface area (Å²) in [4.78, 5) is 13.5. The van der Waals surface area contributed by atoms with Crippen molar-refractivity contribution in [1.82, 2.24) is 4.90 Å². The molecule has 0 spiro atoms. The first-order valence-electron chi connectivity index (χ1n) is 6.62. The van der Waals surface area contributed by atoms with Gasteiger partial charge in [0.15, 0.2) is 0 Å². The summed E-state index contributed by atoms with van der Waals surface area (Å²) in [6.07, 6.45) is 0. The van der Waals surface area contributed by atoms with E-state index in [9.17, 15) is 4.79 Å². The number of hydrogen-bond acceptors (Lipinski definition) is 3. The van der Waals surface area contributed by atoms with Crippen LogP contribution in [-0.4, -0.2) is 37.0 Å². The van der Waals surface area contributed by atoms with E-state index in [0.717, 1.165) is 5.75 Å². The highest BCUT2D eigenvalue weighted by Crippen LogP contribution is 2.11. The molecule has 4 heteroatoms. The number of hydrogen-bond donors (Lipinski definition) is 1. The normalized spacial score (nSPS) is 12.3. The Kier molecular flexibility index (Phi) is 5.83. The van der Waals surface area contributed by atoms with E-state index in [-0.39, 0.29) is 11.8 Å². The van der Waals surface area contributed by atoms with Gasteiger partial charge in [0.2, 0.25) is 5.91 Å². The summed E-state index contributed by atoms with van der Waals surface area (Å²) in [5.74, 6) is 0.926. The van der Waals surface area contributed by atoms with Crippen molar-refractivity contribution in [2.75, 3.05) is 20.2 Å². The van der Waals surface area contributed by atoms with E-state index in [4.69, 9.17) is 10.5 Å². The molecular formula is C15H24N2O2. The highest BCUT2D eigenvalue weighted by atomic mass is 16.5. The lowest BCUT2D eigenvalue weighted by molar-refractivity contribution is -0.132. The first-order chi connectivity index (χ1) is 8.91. The smallest absolute Gasteiger partial charge is 0.239 e. The quantitative estimate of drug-likeness (QED) is 0.852. The Bertz CT molecular complexity index is 401. The average Bonchev–Trinajstić information content (AvgIpc) is 2.39.